The Morgan fingerprint density at radius 3 is 2.57 bits per heavy atom. The first-order valence-electron chi connectivity index (χ1n) is 11.1. The smallest absolute Gasteiger partial charge is 0.237 e. The summed E-state index contributed by atoms with van der Waals surface area (Å²) in [6.07, 6.45) is 2.35. The summed E-state index contributed by atoms with van der Waals surface area (Å²) in [5, 5.41) is 37.1. The number of piperidine rings is 1. The molecule has 9 heteroatoms. The molecule has 2 heterocycles. The van der Waals surface area contributed by atoms with Crippen LogP contribution in [0.4, 0.5) is 4.39 Å². The summed E-state index contributed by atoms with van der Waals surface area (Å²) in [5.74, 6) is 0.256. The van der Waals surface area contributed by atoms with E-state index in [2.05, 4.69) is 10.6 Å². The largest absolute Gasteiger partial charge is 0.388 e. The Morgan fingerprint density at radius 1 is 1.20 bits per heavy atom. The molecule has 2 saturated heterocycles. The minimum absolute atomic E-state index is 0.0429. The number of hydrogen-bond acceptors (Lipinski definition) is 7. The average Bonchev–Trinajstić information content (AvgIpc) is 2.74. The Morgan fingerprint density at radius 2 is 1.93 bits per heavy atom. The molecule has 0 aromatic rings. The summed E-state index contributed by atoms with van der Waals surface area (Å²) in [6, 6.07) is -0.824. The van der Waals surface area contributed by atoms with Crippen molar-refractivity contribution < 1.29 is 29.2 Å². The molecule has 30 heavy (non-hydrogen) atoms. The van der Waals surface area contributed by atoms with Crippen LogP contribution in [0.2, 0.25) is 0 Å². The minimum atomic E-state index is -1.33. The lowest BCUT2D eigenvalue weighted by Gasteiger charge is -2.44. The van der Waals surface area contributed by atoms with Gasteiger partial charge in [0.1, 0.15) is 29.9 Å². The zero-order valence-electron chi connectivity index (χ0n) is 18.3. The Balaban J connectivity index is 1.97. The maximum absolute atomic E-state index is 13.0. The molecular weight excluding hydrogens is 411 g/mol. The standard InChI is InChI=1S/C21H39FN2O5S/c1-12(2)15(19-17(26)16(25)18(27)21(29-19)30-3)24-20(28)14-11-13(8-10-23-14)7-5-4-6-9-22/h12-19,21,23,25-27H,4-11H2,1-3H3,(H,24,28)/t13-,14+,15-,16+,17-,18-,19-,21-/m1/s1. The van der Waals surface area contributed by atoms with E-state index in [4.69, 9.17) is 4.74 Å². The van der Waals surface area contributed by atoms with Crippen LogP contribution in [-0.2, 0) is 9.53 Å². The van der Waals surface area contributed by atoms with Crippen molar-refractivity contribution in [2.24, 2.45) is 11.8 Å². The van der Waals surface area contributed by atoms with Gasteiger partial charge in [-0.25, -0.2) is 0 Å². The number of hydrogen-bond donors (Lipinski definition) is 5. The van der Waals surface area contributed by atoms with E-state index in [9.17, 15) is 24.5 Å². The zero-order chi connectivity index (χ0) is 22.3. The minimum Gasteiger partial charge on any atom is -0.388 e. The molecule has 2 rings (SSSR count). The van der Waals surface area contributed by atoms with Gasteiger partial charge in [-0.05, 0) is 43.9 Å². The lowest BCUT2D eigenvalue weighted by Crippen LogP contribution is -2.65. The second-order valence-corrected chi connectivity index (χ2v) is 9.83. The van der Waals surface area contributed by atoms with Crippen LogP contribution in [0.15, 0.2) is 0 Å². The summed E-state index contributed by atoms with van der Waals surface area (Å²) in [7, 11) is 0. The molecule has 5 N–H and O–H groups in total. The molecule has 2 aliphatic rings. The number of rotatable bonds is 10. The summed E-state index contributed by atoms with van der Waals surface area (Å²) in [6.45, 7) is 4.34. The first-order valence-corrected chi connectivity index (χ1v) is 12.4. The topological polar surface area (TPSA) is 111 Å². The van der Waals surface area contributed by atoms with Gasteiger partial charge in [0.05, 0.1) is 18.8 Å². The number of halogens is 1. The molecule has 0 aromatic heterocycles. The molecule has 2 aliphatic heterocycles. The van der Waals surface area contributed by atoms with Crippen molar-refractivity contribution in [2.45, 2.75) is 94.3 Å². The van der Waals surface area contributed by atoms with Crippen LogP contribution in [0, 0.1) is 11.8 Å². The average molecular weight is 451 g/mol. The molecule has 2 fully saturated rings. The fourth-order valence-corrected chi connectivity index (χ4v) is 5.10. The third-order valence-corrected chi connectivity index (χ3v) is 7.15. The number of nitrogens with one attached hydrogen (secondary N) is 2. The van der Waals surface area contributed by atoms with Gasteiger partial charge in [-0.15, -0.1) is 11.8 Å². The first-order chi connectivity index (χ1) is 14.3. The summed E-state index contributed by atoms with van der Waals surface area (Å²) in [5.41, 5.74) is -0.673. The molecule has 0 unspecified atom stereocenters. The van der Waals surface area contributed by atoms with Crippen molar-refractivity contribution in [1.82, 2.24) is 10.6 Å². The van der Waals surface area contributed by atoms with Crippen molar-refractivity contribution in [3.63, 3.8) is 0 Å². The van der Waals surface area contributed by atoms with Crippen molar-refractivity contribution in [2.75, 3.05) is 19.5 Å². The Kier molecular flexibility index (Phi) is 10.8. The Labute approximate surface area is 183 Å². The van der Waals surface area contributed by atoms with Gasteiger partial charge in [-0.3, -0.25) is 9.18 Å². The maximum Gasteiger partial charge on any atom is 0.237 e. The first kappa shape index (κ1) is 25.8. The number of carbonyl (C=O) groups is 1. The molecule has 0 radical (unpaired) electrons. The lowest BCUT2D eigenvalue weighted by atomic mass is 9.86. The molecule has 0 aromatic carbocycles. The van der Waals surface area contributed by atoms with Crippen LogP contribution in [0.25, 0.3) is 0 Å². The second-order valence-electron chi connectivity index (χ2n) is 8.89. The molecule has 0 bridgehead atoms. The van der Waals surface area contributed by atoms with Crippen molar-refractivity contribution in [3.8, 4) is 0 Å². The second kappa shape index (κ2) is 12.6. The molecule has 0 saturated carbocycles. The van der Waals surface area contributed by atoms with Gasteiger partial charge in [0, 0.05) is 0 Å². The number of alkyl halides is 1. The highest BCUT2D eigenvalue weighted by Gasteiger charge is 2.47. The predicted octanol–water partition coefficient (Wildman–Crippen LogP) is 1.20. The maximum atomic E-state index is 13.0. The number of aliphatic hydroxyl groups is 3. The fourth-order valence-electron chi connectivity index (χ4n) is 4.42. The van der Waals surface area contributed by atoms with Crippen LogP contribution in [0.5, 0.6) is 0 Å². The molecule has 0 spiro atoms. The molecule has 7 nitrogen and oxygen atoms in total. The quantitative estimate of drug-likeness (QED) is 0.318. The Bertz CT molecular complexity index is 528. The van der Waals surface area contributed by atoms with Crippen LogP contribution in [-0.4, -0.2) is 82.6 Å². The summed E-state index contributed by atoms with van der Waals surface area (Å²) in [4.78, 5) is 13.0. The van der Waals surface area contributed by atoms with E-state index in [1.807, 2.05) is 13.8 Å². The molecular formula is C21H39FN2O5S. The summed E-state index contributed by atoms with van der Waals surface area (Å²) < 4.78 is 18.1. The van der Waals surface area contributed by atoms with Gasteiger partial charge < -0.3 is 30.7 Å². The number of amides is 1. The highest BCUT2D eigenvalue weighted by atomic mass is 32.2. The molecule has 0 aliphatic carbocycles. The number of carbonyl (C=O) groups excluding carboxylic acids is 1. The summed E-state index contributed by atoms with van der Waals surface area (Å²) >= 11 is 1.26. The lowest BCUT2D eigenvalue weighted by molar-refractivity contribution is -0.208. The number of thioether (sulfide) groups is 1. The monoisotopic (exact) mass is 450 g/mol. The highest BCUT2D eigenvalue weighted by Crippen LogP contribution is 2.30. The van der Waals surface area contributed by atoms with Crippen LogP contribution in [0.1, 0.15) is 52.4 Å². The van der Waals surface area contributed by atoms with Crippen molar-refractivity contribution in [1.29, 1.82) is 0 Å². The van der Waals surface area contributed by atoms with Gasteiger partial charge in [0.15, 0.2) is 0 Å². The third-order valence-electron chi connectivity index (χ3n) is 6.29. The molecule has 176 valence electrons. The number of ether oxygens (including phenoxy) is 1. The highest BCUT2D eigenvalue weighted by molar-refractivity contribution is 7.99. The van der Waals surface area contributed by atoms with Crippen LogP contribution < -0.4 is 10.6 Å². The van der Waals surface area contributed by atoms with Crippen LogP contribution in [0.3, 0.4) is 0 Å². The van der Waals surface area contributed by atoms with Gasteiger partial charge in [-0.2, -0.15) is 0 Å². The number of aliphatic hydroxyl groups excluding tert-OH is 3. The van der Waals surface area contributed by atoms with E-state index in [0.717, 1.165) is 38.6 Å². The molecule has 8 atom stereocenters. The van der Waals surface area contributed by atoms with Crippen LogP contribution >= 0.6 is 11.8 Å². The van der Waals surface area contributed by atoms with E-state index in [1.165, 1.54) is 11.8 Å². The van der Waals surface area contributed by atoms with E-state index < -0.39 is 35.9 Å². The van der Waals surface area contributed by atoms with E-state index in [1.54, 1.807) is 6.26 Å². The van der Waals surface area contributed by atoms with Crippen molar-refractivity contribution in [3.05, 3.63) is 0 Å². The van der Waals surface area contributed by atoms with Gasteiger partial charge in [0.2, 0.25) is 5.91 Å². The van der Waals surface area contributed by atoms with Gasteiger partial charge in [0.25, 0.3) is 0 Å². The van der Waals surface area contributed by atoms with Gasteiger partial charge >= 0.3 is 0 Å². The fraction of sp³-hybridized carbons (Fsp3) is 0.952. The normalized spacial score (nSPS) is 35.9. The van der Waals surface area contributed by atoms with Gasteiger partial charge in [-0.1, -0.05) is 33.1 Å². The van der Waals surface area contributed by atoms with E-state index in [0.29, 0.717) is 12.3 Å². The Hall–Kier alpha value is -0.450. The zero-order valence-corrected chi connectivity index (χ0v) is 19.1. The molecule has 1 amide bonds. The third kappa shape index (κ3) is 6.77. The SMILES string of the molecule is CS[C@H]1O[C@H]([C@H](NC(=O)[C@@H]2C[C@H](CCCCCF)CCN2)C(C)C)[C@H](O)[C@H](O)[C@H]1O. The predicted molar refractivity (Wildman–Crippen MR) is 116 cm³/mol. The van der Waals surface area contributed by atoms with Crippen molar-refractivity contribution >= 4 is 17.7 Å². The van der Waals surface area contributed by atoms with E-state index in [-0.39, 0.29) is 24.5 Å². The van der Waals surface area contributed by atoms with E-state index >= 15 is 0 Å². The number of unbranched alkanes of at least 4 members (excludes halogenated alkanes) is 2.